The fraction of sp³-hybridized carbons (Fsp3) is 0.472. The van der Waals surface area contributed by atoms with Gasteiger partial charge in [-0.15, -0.1) is 0 Å². The van der Waals surface area contributed by atoms with Crippen molar-refractivity contribution >= 4 is 29.1 Å². The summed E-state index contributed by atoms with van der Waals surface area (Å²) in [6, 6.07) is 12.5. The van der Waals surface area contributed by atoms with Crippen molar-refractivity contribution in [2.24, 2.45) is 11.8 Å². The van der Waals surface area contributed by atoms with Crippen molar-refractivity contribution in [2.45, 2.75) is 64.2 Å². The molecule has 238 valence electrons. The maximum atomic E-state index is 14.8. The van der Waals surface area contributed by atoms with E-state index in [0.717, 1.165) is 16.8 Å². The van der Waals surface area contributed by atoms with Crippen molar-refractivity contribution in [3.05, 3.63) is 77.9 Å². The number of amides is 3. The molecule has 4 aliphatic heterocycles. The Morgan fingerprint density at radius 3 is 2.36 bits per heavy atom. The summed E-state index contributed by atoms with van der Waals surface area (Å²) in [5.74, 6) is -1.68. The van der Waals surface area contributed by atoms with Crippen LogP contribution in [-0.2, 0) is 19.1 Å². The lowest BCUT2D eigenvalue weighted by Gasteiger charge is -2.37. The third-order valence-electron chi connectivity index (χ3n) is 9.73. The van der Waals surface area contributed by atoms with Crippen LogP contribution in [0.2, 0.25) is 0 Å². The van der Waals surface area contributed by atoms with E-state index in [1.165, 1.54) is 0 Å². The number of aryl methyl sites for hydroxylation is 2. The largest absolute Gasteiger partial charge is 0.494 e. The van der Waals surface area contributed by atoms with E-state index in [-0.39, 0.29) is 24.3 Å². The lowest BCUT2D eigenvalue weighted by molar-refractivity contribution is -0.144. The van der Waals surface area contributed by atoms with Gasteiger partial charge in [-0.25, -0.2) is 0 Å². The minimum Gasteiger partial charge on any atom is -0.494 e. The Hall–Kier alpha value is -3.95. The lowest BCUT2D eigenvalue weighted by Crippen LogP contribution is -2.56. The molecule has 1 N–H and O–H groups in total. The first-order valence-electron chi connectivity index (χ1n) is 16.0. The molecule has 9 nitrogen and oxygen atoms in total. The zero-order valence-corrected chi connectivity index (χ0v) is 26.6. The van der Waals surface area contributed by atoms with Gasteiger partial charge in [0.05, 0.1) is 24.0 Å². The maximum absolute atomic E-state index is 14.8. The summed E-state index contributed by atoms with van der Waals surface area (Å²) in [7, 11) is 0. The quantitative estimate of drug-likeness (QED) is 0.334. The van der Waals surface area contributed by atoms with Crippen LogP contribution in [0.3, 0.4) is 0 Å². The van der Waals surface area contributed by atoms with Gasteiger partial charge in [0.15, 0.2) is 0 Å². The number of ether oxygens (including phenoxy) is 2. The van der Waals surface area contributed by atoms with Crippen molar-refractivity contribution in [3.8, 4) is 5.75 Å². The molecule has 0 aromatic heterocycles. The Bertz CT molecular complexity index is 1540. The molecular formula is C36H43N3O6. The summed E-state index contributed by atoms with van der Waals surface area (Å²) in [6.45, 7) is 9.36. The summed E-state index contributed by atoms with van der Waals surface area (Å²) in [4.78, 5) is 49.1. The third-order valence-corrected chi connectivity index (χ3v) is 9.73. The van der Waals surface area contributed by atoms with E-state index in [1.54, 1.807) is 14.7 Å². The fourth-order valence-electron chi connectivity index (χ4n) is 7.68. The van der Waals surface area contributed by atoms with Crippen LogP contribution in [0.15, 0.2) is 66.8 Å². The highest BCUT2D eigenvalue weighted by atomic mass is 16.5. The van der Waals surface area contributed by atoms with Gasteiger partial charge < -0.3 is 29.3 Å². The summed E-state index contributed by atoms with van der Waals surface area (Å²) in [6.07, 6.45) is 9.58. The van der Waals surface area contributed by atoms with Crippen LogP contribution in [0, 0.1) is 25.7 Å². The second-order valence-corrected chi connectivity index (χ2v) is 12.7. The van der Waals surface area contributed by atoms with E-state index in [9.17, 15) is 19.5 Å². The highest BCUT2D eigenvalue weighted by molar-refractivity contribution is 6.07. The fourth-order valence-corrected chi connectivity index (χ4v) is 7.68. The molecule has 1 spiro atoms. The molecule has 45 heavy (non-hydrogen) atoms. The first-order chi connectivity index (χ1) is 21.6. The minimum atomic E-state index is -1.32. The number of aliphatic hydroxyl groups is 1. The molecular weight excluding hydrogens is 570 g/mol. The van der Waals surface area contributed by atoms with Gasteiger partial charge in [0.2, 0.25) is 11.8 Å². The first-order valence-corrected chi connectivity index (χ1v) is 16.0. The van der Waals surface area contributed by atoms with Crippen LogP contribution in [-0.4, -0.2) is 77.8 Å². The van der Waals surface area contributed by atoms with Gasteiger partial charge in [-0.1, -0.05) is 36.4 Å². The van der Waals surface area contributed by atoms with Crippen molar-refractivity contribution in [3.63, 3.8) is 0 Å². The van der Waals surface area contributed by atoms with E-state index >= 15 is 0 Å². The molecule has 2 saturated heterocycles. The number of carbonyl (C=O) groups excluding carboxylic acids is 3. The van der Waals surface area contributed by atoms with Gasteiger partial charge in [-0.3, -0.25) is 14.4 Å². The maximum Gasteiger partial charge on any atom is 0.253 e. The van der Waals surface area contributed by atoms with E-state index in [1.807, 2.05) is 94.5 Å². The second kappa shape index (κ2) is 12.1. The number of nitrogens with zero attached hydrogens (tertiary/aromatic N) is 3. The highest BCUT2D eigenvalue weighted by Gasteiger charge is 2.74. The van der Waals surface area contributed by atoms with E-state index in [0.29, 0.717) is 56.9 Å². The predicted octanol–water partition coefficient (Wildman–Crippen LogP) is 4.34. The van der Waals surface area contributed by atoms with Crippen LogP contribution in [0.1, 0.15) is 44.2 Å². The molecule has 2 fully saturated rings. The molecule has 9 heteroatoms. The molecule has 0 aliphatic carbocycles. The molecule has 2 aromatic carbocycles. The molecule has 3 amide bonds. The predicted molar refractivity (Wildman–Crippen MR) is 172 cm³/mol. The Morgan fingerprint density at radius 2 is 1.62 bits per heavy atom. The van der Waals surface area contributed by atoms with Gasteiger partial charge in [-0.2, -0.15) is 0 Å². The van der Waals surface area contributed by atoms with Crippen molar-refractivity contribution in [1.82, 2.24) is 4.90 Å². The Labute approximate surface area is 265 Å². The van der Waals surface area contributed by atoms with Gasteiger partial charge in [0, 0.05) is 37.6 Å². The number of benzene rings is 2. The molecule has 0 bridgehead atoms. The van der Waals surface area contributed by atoms with E-state index < -0.39 is 29.1 Å². The van der Waals surface area contributed by atoms with Gasteiger partial charge in [0.25, 0.3) is 5.91 Å². The summed E-state index contributed by atoms with van der Waals surface area (Å²) in [5.41, 5.74) is 1.08. The standard InChI is InChI=1S/C36H43N3O6/c1-5-44-27-15-13-26(14-16-27)37-20-9-17-35(4)29(32(37)41)30-33(42)39(19-7-6-8-22-40)31-34(43)38(21-10-18-36(30,31)45-35)28-23-24(2)11-12-25(28)3/h9-18,23,29-31,40H,5-8,19-22H2,1-4H3/t29-,30-,31?,35+,36-/m0/s1. The topological polar surface area (TPSA) is 99.6 Å². The Morgan fingerprint density at radius 1 is 0.889 bits per heavy atom. The number of rotatable bonds is 9. The Balaban J connectivity index is 1.42. The number of unbranched alkanes of at least 4 members (excludes halogenated alkanes) is 2. The summed E-state index contributed by atoms with van der Waals surface area (Å²) >= 11 is 0. The molecule has 5 atom stereocenters. The van der Waals surface area contributed by atoms with Gasteiger partial charge in [0.1, 0.15) is 17.4 Å². The average molecular weight is 614 g/mol. The number of carbonyl (C=O) groups is 3. The number of hydrogen-bond acceptors (Lipinski definition) is 6. The Kier molecular flexibility index (Phi) is 8.35. The lowest BCUT2D eigenvalue weighted by atomic mass is 9.74. The molecule has 0 saturated carbocycles. The second-order valence-electron chi connectivity index (χ2n) is 12.7. The van der Waals surface area contributed by atoms with Crippen LogP contribution in [0.5, 0.6) is 5.75 Å². The highest BCUT2D eigenvalue weighted by Crippen LogP contribution is 2.58. The minimum absolute atomic E-state index is 0.0672. The molecule has 0 radical (unpaired) electrons. The van der Waals surface area contributed by atoms with Crippen LogP contribution in [0.4, 0.5) is 11.4 Å². The molecule has 1 unspecified atom stereocenters. The molecule has 4 aliphatic rings. The normalized spacial score (nSPS) is 29.0. The average Bonchev–Trinajstić information content (AvgIpc) is 3.28. The number of likely N-dealkylation sites (tertiary alicyclic amines) is 1. The number of fused-ring (bicyclic) bond motifs is 2. The summed E-state index contributed by atoms with van der Waals surface area (Å²) in [5, 5.41) is 9.36. The molecule has 6 rings (SSSR count). The van der Waals surface area contributed by atoms with Crippen molar-refractivity contribution in [2.75, 3.05) is 42.6 Å². The first kappa shape index (κ1) is 31.0. The van der Waals surface area contributed by atoms with Crippen LogP contribution < -0.4 is 14.5 Å². The van der Waals surface area contributed by atoms with Crippen molar-refractivity contribution < 1.29 is 29.0 Å². The number of hydrogen-bond donors (Lipinski definition) is 1. The smallest absolute Gasteiger partial charge is 0.253 e. The van der Waals surface area contributed by atoms with Crippen molar-refractivity contribution in [1.29, 1.82) is 0 Å². The zero-order chi connectivity index (χ0) is 31.9. The zero-order valence-electron chi connectivity index (χ0n) is 26.6. The third kappa shape index (κ3) is 5.16. The SMILES string of the molecule is CCOc1ccc(N2CC=C[C@@]3(C)O[C@]45C=CCN(c6cc(C)ccc6C)C(=O)C4N(CCCCCO)C(=O)[C@@H]5[C@H]3C2=O)cc1. The van der Waals surface area contributed by atoms with E-state index in [2.05, 4.69) is 0 Å². The number of aliphatic hydroxyl groups excluding tert-OH is 1. The van der Waals surface area contributed by atoms with Gasteiger partial charge in [-0.05, 0) is 88.4 Å². The molecule has 2 aromatic rings. The monoisotopic (exact) mass is 613 g/mol. The van der Waals surface area contributed by atoms with E-state index in [4.69, 9.17) is 9.47 Å². The molecule has 4 heterocycles. The summed E-state index contributed by atoms with van der Waals surface area (Å²) < 4.78 is 12.6. The van der Waals surface area contributed by atoms with Crippen LogP contribution in [0.25, 0.3) is 0 Å². The van der Waals surface area contributed by atoms with Gasteiger partial charge >= 0.3 is 0 Å². The van der Waals surface area contributed by atoms with Crippen LogP contribution >= 0.6 is 0 Å². The number of anilines is 2.